The first-order chi connectivity index (χ1) is 17.0. The third-order valence-corrected chi connectivity index (χ3v) is 6.19. The predicted molar refractivity (Wildman–Crippen MR) is 144 cm³/mol. The van der Waals surface area contributed by atoms with Crippen molar-refractivity contribution in [3.63, 3.8) is 0 Å². The monoisotopic (exact) mass is 501 g/mol. The summed E-state index contributed by atoms with van der Waals surface area (Å²) < 4.78 is 1.94. The number of aryl methyl sites for hydroxylation is 1. The summed E-state index contributed by atoms with van der Waals surface area (Å²) in [6.07, 6.45) is 3.62. The number of carbonyl (C=O) groups excluding carboxylic acids is 1. The van der Waals surface area contributed by atoms with Gasteiger partial charge < -0.3 is 0 Å². The number of nitrogens with one attached hydrogen (secondary N) is 1. The van der Waals surface area contributed by atoms with Gasteiger partial charge in [0.2, 0.25) is 0 Å². The zero-order valence-electron chi connectivity index (χ0n) is 19.4. The normalized spacial score (nSPS) is 11.7. The first-order valence-electron chi connectivity index (χ1n) is 11.0. The summed E-state index contributed by atoms with van der Waals surface area (Å²) in [7, 11) is 0. The Morgan fingerprint density at radius 1 is 1.03 bits per heavy atom. The van der Waals surface area contributed by atoms with Gasteiger partial charge in [-0.05, 0) is 61.4 Å². The van der Waals surface area contributed by atoms with Crippen molar-refractivity contribution in [2.75, 3.05) is 5.75 Å². The third kappa shape index (κ3) is 6.68. The van der Waals surface area contributed by atoms with E-state index in [1.54, 1.807) is 6.21 Å². The van der Waals surface area contributed by atoms with Crippen LogP contribution in [0.3, 0.4) is 0 Å². The second-order valence-corrected chi connectivity index (χ2v) is 9.24. The number of halogens is 1. The second kappa shape index (κ2) is 11.6. The molecule has 0 radical (unpaired) electrons. The molecule has 4 aromatic rings. The van der Waals surface area contributed by atoms with Crippen molar-refractivity contribution < 1.29 is 4.79 Å². The van der Waals surface area contributed by atoms with Crippen molar-refractivity contribution in [3.05, 3.63) is 101 Å². The largest absolute Gasteiger partial charge is 0.272 e. The van der Waals surface area contributed by atoms with E-state index in [1.165, 1.54) is 11.8 Å². The summed E-state index contributed by atoms with van der Waals surface area (Å²) >= 11 is 7.36. The van der Waals surface area contributed by atoms with Gasteiger partial charge in [0, 0.05) is 16.3 Å². The molecule has 0 spiro atoms. The molecule has 1 aromatic heterocycles. The minimum absolute atomic E-state index is 0.142. The molecular weight excluding hydrogens is 478 g/mol. The molecule has 0 aliphatic carbocycles. The summed E-state index contributed by atoms with van der Waals surface area (Å²) in [6, 6.07) is 25.4. The van der Waals surface area contributed by atoms with E-state index in [4.69, 9.17) is 11.6 Å². The first-order valence-corrected chi connectivity index (χ1v) is 12.3. The molecule has 1 heterocycles. The van der Waals surface area contributed by atoms with Crippen LogP contribution in [0, 0.1) is 6.92 Å². The number of hydrazone groups is 1. The Morgan fingerprint density at radius 2 is 1.74 bits per heavy atom. The molecule has 0 bridgehead atoms. The van der Waals surface area contributed by atoms with E-state index in [0.717, 1.165) is 28.0 Å². The predicted octanol–water partition coefficient (Wildman–Crippen LogP) is 6.19. The fourth-order valence-corrected chi connectivity index (χ4v) is 4.16. The summed E-state index contributed by atoms with van der Waals surface area (Å²) in [5.74, 6) is 0.585. The number of thioether (sulfide) groups is 1. The topological polar surface area (TPSA) is 72.2 Å². The van der Waals surface area contributed by atoms with Crippen molar-refractivity contribution in [1.29, 1.82) is 0 Å². The molecule has 176 valence electrons. The molecule has 1 N–H and O–H groups in total. The number of benzene rings is 3. The molecule has 35 heavy (non-hydrogen) atoms. The van der Waals surface area contributed by atoms with Crippen LogP contribution >= 0.6 is 23.4 Å². The Kier molecular flexibility index (Phi) is 8.13. The molecule has 0 aliphatic heterocycles. The van der Waals surface area contributed by atoms with E-state index in [-0.39, 0.29) is 11.7 Å². The molecule has 0 saturated heterocycles. The average Bonchev–Trinajstić information content (AvgIpc) is 3.28. The molecular formula is C27H24ClN5OS. The van der Waals surface area contributed by atoms with Crippen LogP contribution in [0.4, 0.5) is 0 Å². The van der Waals surface area contributed by atoms with E-state index in [2.05, 4.69) is 20.7 Å². The number of rotatable bonds is 8. The van der Waals surface area contributed by atoms with E-state index in [9.17, 15) is 4.79 Å². The smallest absolute Gasteiger partial charge is 0.250 e. The fourth-order valence-electron chi connectivity index (χ4n) is 3.29. The van der Waals surface area contributed by atoms with Crippen molar-refractivity contribution in [2.45, 2.75) is 19.0 Å². The highest BCUT2D eigenvalue weighted by atomic mass is 35.5. The highest BCUT2D eigenvalue weighted by Crippen LogP contribution is 2.28. The van der Waals surface area contributed by atoms with E-state index >= 15 is 0 Å². The molecule has 4 rings (SSSR count). The molecule has 0 fully saturated rings. The fraction of sp³-hybridized carbons (Fsp3) is 0.111. The Balaban J connectivity index is 1.47. The van der Waals surface area contributed by atoms with Crippen LogP contribution in [-0.2, 0) is 4.79 Å². The number of amides is 1. The van der Waals surface area contributed by atoms with Crippen LogP contribution in [0.1, 0.15) is 18.1 Å². The van der Waals surface area contributed by atoms with Gasteiger partial charge in [0.1, 0.15) is 0 Å². The molecule has 0 atom stereocenters. The van der Waals surface area contributed by atoms with Crippen molar-refractivity contribution in [2.24, 2.45) is 5.10 Å². The van der Waals surface area contributed by atoms with E-state index in [0.29, 0.717) is 16.0 Å². The van der Waals surface area contributed by atoms with Crippen molar-refractivity contribution in [3.8, 4) is 17.1 Å². The average molecular weight is 502 g/mol. The van der Waals surface area contributed by atoms with Gasteiger partial charge in [-0.15, -0.1) is 10.2 Å². The molecule has 6 nitrogen and oxygen atoms in total. The van der Waals surface area contributed by atoms with Crippen LogP contribution < -0.4 is 5.43 Å². The van der Waals surface area contributed by atoms with E-state index < -0.39 is 0 Å². The second-order valence-electron chi connectivity index (χ2n) is 7.86. The lowest BCUT2D eigenvalue weighted by atomic mass is 10.1. The lowest BCUT2D eigenvalue weighted by Crippen LogP contribution is -2.20. The number of hydrogen-bond acceptors (Lipinski definition) is 5. The molecule has 0 unspecified atom stereocenters. The minimum atomic E-state index is -0.231. The number of aromatic nitrogens is 3. The van der Waals surface area contributed by atoms with Gasteiger partial charge in [0.05, 0.1) is 12.0 Å². The van der Waals surface area contributed by atoms with Gasteiger partial charge >= 0.3 is 0 Å². The zero-order valence-corrected chi connectivity index (χ0v) is 20.9. The van der Waals surface area contributed by atoms with Gasteiger partial charge in [-0.25, -0.2) is 5.43 Å². The maximum atomic E-state index is 12.4. The molecule has 0 aliphatic rings. The number of hydrogen-bond donors (Lipinski definition) is 1. The van der Waals surface area contributed by atoms with Gasteiger partial charge in [-0.1, -0.05) is 77.5 Å². The van der Waals surface area contributed by atoms with Crippen LogP contribution in [0.5, 0.6) is 0 Å². The van der Waals surface area contributed by atoms with Crippen LogP contribution in [0.2, 0.25) is 5.02 Å². The van der Waals surface area contributed by atoms with Crippen molar-refractivity contribution >= 4 is 41.6 Å². The summed E-state index contributed by atoms with van der Waals surface area (Å²) in [4.78, 5) is 12.4. The molecule has 1 amide bonds. The SMILES string of the molecule is CC(C=NNC(=O)CSc1nnc(-c2ccc(Cl)cc2)n1-c1ccc(C)cc1)=Cc1ccccc1. The zero-order chi connectivity index (χ0) is 24.6. The Bertz CT molecular complexity index is 1350. The van der Waals surface area contributed by atoms with E-state index in [1.807, 2.05) is 103 Å². The Hall–Kier alpha value is -3.68. The van der Waals surface area contributed by atoms with Crippen LogP contribution in [0.25, 0.3) is 23.2 Å². The molecule has 0 saturated carbocycles. The maximum absolute atomic E-state index is 12.4. The van der Waals surface area contributed by atoms with Crippen LogP contribution in [0.15, 0.2) is 94.7 Å². The molecule has 8 heteroatoms. The number of nitrogens with zero attached hydrogens (tertiary/aromatic N) is 4. The Morgan fingerprint density at radius 3 is 2.46 bits per heavy atom. The van der Waals surface area contributed by atoms with Gasteiger partial charge in [0.15, 0.2) is 11.0 Å². The lowest BCUT2D eigenvalue weighted by molar-refractivity contribution is -0.118. The quantitative estimate of drug-likeness (QED) is 0.177. The summed E-state index contributed by atoms with van der Waals surface area (Å²) in [5, 5.41) is 14.1. The highest BCUT2D eigenvalue weighted by molar-refractivity contribution is 7.99. The molecule has 3 aromatic carbocycles. The minimum Gasteiger partial charge on any atom is -0.272 e. The van der Waals surface area contributed by atoms with Crippen molar-refractivity contribution in [1.82, 2.24) is 20.2 Å². The maximum Gasteiger partial charge on any atom is 0.250 e. The third-order valence-electron chi connectivity index (χ3n) is 5.01. The number of allylic oxidation sites excluding steroid dienone is 1. The van der Waals surface area contributed by atoms with Gasteiger partial charge in [0.25, 0.3) is 5.91 Å². The summed E-state index contributed by atoms with van der Waals surface area (Å²) in [6.45, 7) is 3.97. The first kappa shape index (κ1) is 24.4. The number of carbonyl (C=O) groups is 1. The Labute approximate surface area is 213 Å². The summed E-state index contributed by atoms with van der Waals surface area (Å²) in [5.41, 5.74) is 7.52. The highest BCUT2D eigenvalue weighted by Gasteiger charge is 2.17. The van der Waals surface area contributed by atoms with Gasteiger partial charge in [-0.3, -0.25) is 9.36 Å². The standard InChI is InChI=1S/C27H24ClN5OS/c1-19-8-14-24(15-9-19)33-26(22-10-12-23(28)13-11-22)31-32-27(33)35-18-25(34)30-29-17-20(2)16-21-6-4-3-5-7-21/h3-17H,18H2,1-2H3,(H,30,34). The van der Waals surface area contributed by atoms with Gasteiger partial charge in [-0.2, -0.15) is 5.10 Å². The van der Waals surface area contributed by atoms with Crippen LogP contribution in [-0.4, -0.2) is 32.6 Å². The lowest BCUT2D eigenvalue weighted by Gasteiger charge is -2.10.